The van der Waals surface area contributed by atoms with Crippen LogP contribution >= 0.6 is 23.4 Å². The number of aliphatic hydroxyl groups is 5. The van der Waals surface area contributed by atoms with Crippen LogP contribution in [0.25, 0.3) is 11.1 Å². The summed E-state index contributed by atoms with van der Waals surface area (Å²) < 4.78 is 11.1. The van der Waals surface area contributed by atoms with E-state index in [-0.39, 0.29) is 31.8 Å². The van der Waals surface area contributed by atoms with Crippen LogP contribution in [-0.2, 0) is 21.6 Å². The van der Waals surface area contributed by atoms with Crippen LogP contribution in [0.1, 0.15) is 63.0 Å². The normalized spacial score (nSPS) is 16.8. The molecule has 0 unspecified atom stereocenters. The van der Waals surface area contributed by atoms with Crippen molar-refractivity contribution in [2.24, 2.45) is 0 Å². The van der Waals surface area contributed by atoms with Crippen LogP contribution in [0.4, 0.5) is 4.79 Å². The number of nitrogens with zero attached hydrogens (tertiary/aromatic N) is 2. The quantitative estimate of drug-likeness (QED) is 0.0540. The van der Waals surface area contributed by atoms with Crippen LogP contribution in [0.15, 0.2) is 65.8 Å². The molecule has 3 aromatic rings. The minimum Gasteiger partial charge on any atom is -0.490 e. The summed E-state index contributed by atoms with van der Waals surface area (Å²) in [5, 5.41) is 56.8. The van der Waals surface area contributed by atoms with Gasteiger partial charge in [0, 0.05) is 59.6 Å². The van der Waals surface area contributed by atoms with Crippen molar-refractivity contribution in [1.82, 2.24) is 20.5 Å². The third-order valence-corrected chi connectivity index (χ3v) is 11.2. The zero-order chi connectivity index (χ0) is 39.4. The second-order valence-electron chi connectivity index (χ2n) is 14.0. The lowest BCUT2D eigenvalue weighted by molar-refractivity contribution is -0.158. The monoisotopic (exact) mass is 800 g/mol. The Kier molecular flexibility index (Phi) is 16.0. The van der Waals surface area contributed by atoms with Gasteiger partial charge in [-0.3, -0.25) is 9.78 Å². The lowest BCUT2D eigenvalue weighted by Gasteiger charge is -2.30. The maximum absolute atomic E-state index is 13.2. The third kappa shape index (κ3) is 12.0. The summed E-state index contributed by atoms with van der Waals surface area (Å²) in [6.45, 7) is 2.22. The van der Waals surface area contributed by atoms with Gasteiger partial charge in [-0.05, 0) is 105 Å². The number of pyridine rings is 1. The molecule has 0 saturated heterocycles. The number of para-hydroxylation sites is 1. The van der Waals surface area contributed by atoms with Crippen molar-refractivity contribution in [3.05, 3.63) is 77.1 Å². The van der Waals surface area contributed by atoms with Gasteiger partial charge in [0.05, 0.1) is 19.3 Å². The fourth-order valence-electron chi connectivity index (χ4n) is 6.30. The van der Waals surface area contributed by atoms with Gasteiger partial charge in [-0.25, -0.2) is 4.79 Å². The van der Waals surface area contributed by atoms with Crippen molar-refractivity contribution >= 4 is 35.4 Å². The highest BCUT2D eigenvalue weighted by Crippen LogP contribution is 2.50. The number of hydrogen-bond acceptors (Lipinski definition) is 12. The smallest absolute Gasteiger partial charge is 0.407 e. The highest BCUT2D eigenvalue weighted by molar-refractivity contribution is 7.99. The number of benzene rings is 2. The predicted octanol–water partition coefficient (Wildman–Crippen LogP) is 4.00. The number of hydrogen-bond donors (Lipinski definition) is 7. The van der Waals surface area contributed by atoms with Crippen LogP contribution in [0.5, 0.6) is 5.75 Å². The Morgan fingerprint density at radius 1 is 1.02 bits per heavy atom. The van der Waals surface area contributed by atoms with E-state index >= 15 is 0 Å². The number of ether oxygens (including phenoxy) is 2. The van der Waals surface area contributed by atoms with E-state index in [1.807, 2.05) is 42.7 Å². The van der Waals surface area contributed by atoms with Crippen LogP contribution < -0.4 is 15.4 Å². The maximum atomic E-state index is 13.2. The molecule has 1 aromatic heterocycles. The van der Waals surface area contributed by atoms with Crippen LogP contribution in [-0.4, -0.2) is 117 Å². The number of aromatic nitrogens is 1. The van der Waals surface area contributed by atoms with E-state index in [1.165, 1.54) is 4.90 Å². The van der Waals surface area contributed by atoms with E-state index < -0.39 is 43.0 Å². The van der Waals surface area contributed by atoms with E-state index in [0.717, 1.165) is 70.8 Å². The second kappa shape index (κ2) is 20.6. The zero-order valence-electron chi connectivity index (χ0n) is 31.1. The summed E-state index contributed by atoms with van der Waals surface area (Å²) in [5.74, 6) is 0.798. The van der Waals surface area contributed by atoms with Crippen molar-refractivity contribution in [2.75, 3.05) is 38.6 Å². The molecule has 5 rings (SSSR count). The van der Waals surface area contributed by atoms with Crippen molar-refractivity contribution in [1.29, 1.82) is 0 Å². The number of aliphatic hydroxyl groups excluding tert-OH is 5. The average Bonchev–Trinajstić information content (AvgIpc) is 4.15. The minimum absolute atomic E-state index is 0.150. The van der Waals surface area contributed by atoms with Gasteiger partial charge in [-0.2, -0.15) is 0 Å². The lowest BCUT2D eigenvalue weighted by Crippen LogP contribution is -2.53. The van der Waals surface area contributed by atoms with E-state index in [2.05, 4.69) is 33.8 Å². The highest BCUT2D eigenvalue weighted by Gasteiger charge is 2.46. The van der Waals surface area contributed by atoms with Crippen molar-refractivity contribution in [2.45, 2.75) is 99.4 Å². The molecule has 2 amide bonds. The summed E-state index contributed by atoms with van der Waals surface area (Å²) in [6.07, 6.45) is 1.56. The summed E-state index contributed by atoms with van der Waals surface area (Å²) in [7, 11) is 0. The number of unbranched alkanes of at least 4 members (excludes halogenated alkanes) is 1. The second-order valence-corrected chi connectivity index (χ2v) is 15.6. The summed E-state index contributed by atoms with van der Waals surface area (Å²) >= 11 is 8.35. The number of amides is 2. The van der Waals surface area contributed by atoms with Crippen molar-refractivity contribution < 1.29 is 44.6 Å². The summed E-state index contributed by atoms with van der Waals surface area (Å²) in [4.78, 5) is 31.7. The Hall–Kier alpha value is -3.47. The van der Waals surface area contributed by atoms with Gasteiger partial charge >= 0.3 is 6.09 Å². The van der Waals surface area contributed by atoms with Gasteiger partial charge in [0.2, 0.25) is 0 Å². The molecule has 2 aliphatic carbocycles. The van der Waals surface area contributed by atoms with E-state index in [4.69, 9.17) is 26.2 Å². The minimum atomic E-state index is -2.03. The molecule has 13 nitrogen and oxygen atoms in total. The molecule has 300 valence electrons. The number of rotatable bonds is 23. The Labute approximate surface area is 331 Å². The largest absolute Gasteiger partial charge is 0.490 e. The first-order valence-corrected chi connectivity index (χ1v) is 20.3. The molecule has 4 atom stereocenters. The number of thioether (sulfide) groups is 1. The molecule has 2 aliphatic rings. The van der Waals surface area contributed by atoms with Crippen molar-refractivity contribution in [3.8, 4) is 16.9 Å². The van der Waals surface area contributed by atoms with Crippen LogP contribution in [0.3, 0.4) is 0 Å². The van der Waals surface area contributed by atoms with Gasteiger partial charge in [-0.1, -0.05) is 29.8 Å². The molecule has 2 aromatic carbocycles. The van der Waals surface area contributed by atoms with Crippen LogP contribution in [0, 0.1) is 0 Å². The summed E-state index contributed by atoms with van der Waals surface area (Å²) in [6, 6.07) is 16.2. The number of alkyl carbamates (subject to hydrolysis) is 1. The molecule has 2 saturated carbocycles. The van der Waals surface area contributed by atoms with Crippen molar-refractivity contribution in [3.63, 3.8) is 0 Å². The first kappa shape index (κ1) is 42.7. The molecule has 0 radical (unpaired) electrons. The molecule has 7 N–H and O–H groups in total. The predicted molar refractivity (Wildman–Crippen MR) is 210 cm³/mol. The molecular formula is C40H53ClN4O9S. The zero-order valence-corrected chi connectivity index (χ0v) is 32.7. The molecule has 15 heteroatoms. The highest BCUT2D eigenvalue weighted by atomic mass is 35.5. The first-order valence-electron chi connectivity index (χ1n) is 19.0. The van der Waals surface area contributed by atoms with Gasteiger partial charge < -0.3 is 50.5 Å². The Morgan fingerprint density at radius 3 is 2.51 bits per heavy atom. The first-order chi connectivity index (χ1) is 26.6. The Morgan fingerprint density at radius 2 is 1.78 bits per heavy atom. The van der Waals surface area contributed by atoms with Crippen LogP contribution in [0.2, 0.25) is 5.02 Å². The molecule has 1 heterocycles. The number of carbonyl (C=O) groups excluding carboxylic acids is 2. The van der Waals surface area contributed by atoms with Gasteiger partial charge in [0.1, 0.15) is 24.1 Å². The maximum Gasteiger partial charge on any atom is 0.407 e. The fraction of sp³-hybridized carbons (Fsp3) is 0.525. The molecule has 0 aliphatic heterocycles. The summed E-state index contributed by atoms with van der Waals surface area (Å²) in [5.41, 5.74) is 4.09. The lowest BCUT2D eigenvalue weighted by atomic mass is 9.94. The number of nitrogens with one attached hydrogen (secondary N) is 2. The molecule has 55 heavy (non-hydrogen) atoms. The van der Waals surface area contributed by atoms with Gasteiger partial charge in [0.15, 0.2) is 6.10 Å². The van der Waals surface area contributed by atoms with Gasteiger partial charge in [-0.15, -0.1) is 11.8 Å². The molecule has 0 bridgehead atoms. The molecule has 0 spiro atoms. The Balaban J connectivity index is 1.15. The third-order valence-electron chi connectivity index (χ3n) is 9.78. The number of halogens is 1. The standard InChI is InChI=1S/C40H53ClN4O9S/c1-2-53-39(52)43-17-7-20-45(38(51)37(50)36(49)35(48)33(47)25-46)19-5-6-21-55-28-12-13-32(41)26(22-28)23-44-40(15-16-40)31-24-42-18-14-29(31)30-8-3-4-9-34(30)54-27-10-11-27/h3-4,8-9,12-14,18,22,24,27,33,35-37,44,46-50H,2,5-7,10-11,15-17,19-21,23,25H2,1H3,(H,43,52)/t33-,35+,36-,37-/m0/s1. The van der Waals surface area contributed by atoms with E-state index in [0.29, 0.717) is 30.5 Å². The van der Waals surface area contributed by atoms with E-state index in [1.54, 1.807) is 18.7 Å². The van der Waals surface area contributed by atoms with Gasteiger partial charge in [0.25, 0.3) is 5.91 Å². The average molecular weight is 801 g/mol. The Bertz CT molecular complexity index is 1710. The molecular weight excluding hydrogens is 748 g/mol. The fourth-order valence-corrected chi connectivity index (χ4v) is 7.46. The SMILES string of the molecule is CCOC(=O)NCCCN(CCCCSc1ccc(Cl)c(CNC2(c3cnccc3-c3ccccc3OC3CC3)CC2)c1)C(=O)[C@@H](O)[C@@H](O)[C@H](O)[C@@H](O)CO. The van der Waals surface area contributed by atoms with E-state index in [9.17, 15) is 30.0 Å². The molecule has 2 fully saturated rings. The number of carbonyl (C=O) groups is 2. The topological polar surface area (TPSA) is 194 Å².